The maximum Gasteiger partial charge on any atom is 0.208 e. The summed E-state index contributed by atoms with van der Waals surface area (Å²) in [6.07, 6.45) is 9.34. The first-order valence-corrected chi connectivity index (χ1v) is 7.61. The van der Waals surface area contributed by atoms with Crippen molar-refractivity contribution in [2.24, 2.45) is 22.7 Å². The Morgan fingerprint density at radius 2 is 2.06 bits per heavy atom. The van der Waals surface area contributed by atoms with Crippen molar-refractivity contribution in [2.75, 3.05) is 19.6 Å². The van der Waals surface area contributed by atoms with Crippen molar-refractivity contribution in [3.63, 3.8) is 0 Å². The van der Waals surface area contributed by atoms with E-state index in [-0.39, 0.29) is 0 Å². The van der Waals surface area contributed by atoms with E-state index in [1.165, 1.54) is 38.5 Å². The summed E-state index contributed by atoms with van der Waals surface area (Å²) < 4.78 is 0. The number of nitrogens with two attached hydrogens (primary N) is 1. The van der Waals surface area contributed by atoms with E-state index in [9.17, 15) is 0 Å². The Bertz CT molecular complexity index is 277. The molecule has 1 saturated carbocycles. The van der Waals surface area contributed by atoms with Gasteiger partial charge in [0.1, 0.15) is 0 Å². The molecule has 4 heteroatoms. The molecule has 0 bridgehead atoms. The van der Waals surface area contributed by atoms with E-state index in [1.54, 1.807) is 0 Å². The zero-order valence-electron chi connectivity index (χ0n) is 11.7. The Morgan fingerprint density at radius 3 is 2.78 bits per heavy atom. The topological polar surface area (TPSA) is 53.6 Å². The van der Waals surface area contributed by atoms with Crippen LogP contribution in [0.3, 0.4) is 0 Å². The number of hydrazine groups is 1. The highest BCUT2D eigenvalue weighted by atomic mass is 15.4. The van der Waals surface area contributed by atoms with Crippen LogP contribution in [-0.2, 0) is 0 Å². The monoisotopic (exact) mass is 252 g/mol. The van der Waals surface area contributed by atoms with Gasteiger partial charge in [0.15, 0.2) is 0 Å². The number of piperidine rings is 1. The van der Waals surface area contributed by atoms with Gasteiger partial charge in [0.2, 0.25) is 5.96 Å². The molecule has 1 aliphatic carbocycles. The van der Waals surface area contributed by atoms with Crippen LogP contribution >= 0.6 is 0 Å². The van der Waals surface area contributed by atoms with Crippen LogP contribution in [0.2, 0.25) is 0 Å². The highest BCUT2D eigenvalue weighted by Gasteiger charge is 2.32. The number of likely N-dealkylation sites (tertiary alicyclic amines) is 1. The molecule has 4 nitrogen and oxygen atoms in total. The van der Waals surface area contributed by atoms with Gasteiger partial charge in [-0.1, -0.05) is 32.6 Å². The van der Waals surface area contributed by atoms with E-state index < -0.39 is 0 Å². The van der Waals surface area contributed by atoms with Gasteiger partial charge in [-0.3, -0.25) is 10.4 Å². The third-order valence-electron chi connectivity index (χ3n) is 4.49. The lowest BCUT2D eigenvalue weighted by atomic mass is 9.75. The lowest BCUT2D eigenvalue weighted by Gasteiger charge is -2.42. The fourth-order valence-corrected chi connectivity index (χ4v) is 3.37. The Kier molecular flexibility index (Phi) is 5.29. The molecule has 1 aliphatic heterocycles. The summed E-state index contributed by atoms with van der Waals surface area (Å²) in [4.78, 5) is 6.96. The first kappa shape index (κ1) is 13.7. The van der Waals surface area contributed by atoms with Gasteiger partial charge in [-0.25, -0.2) is 5.84 Å². The predicted molar refractivity (Wildman–Crippen MR) is 76.2 cm³/mol. The van der Waals surface area contributed by atoms with Crippen molar-refractivity contribution in [1.29, 1.82) is 0 Å². The summed E-state index contributed by atoms with van der Waals surface area (Å²) in [7, 11) is 0. The van der Waals surface area contributed by atoms with Crippen molar-refractivity contribution in [3.05, 3.63) is 0 Å². The molecule has 0 amide bonds. The molecule has 18 heavy (non-hydrogen) atoms. The molecular formula is C14H28N4. The van der Waals surface area contributed by atoms with E-state index in [2.05, 4.69) is 22.2 Å². The molecule has 0 radical (unpaired) electrons. The molecule has 1 heterocycles. The summed E-state index contributed by atoms with van der Waals surface area (Å²) in [5.41, 5.74) is 2.80. The van der Waals surface area contributed by atoms with Crippen molar-refractivity contribution >= 4 is 5.96 Å². The molecule has 2 aliphatic rings. The van der Waals surface area contributed by atoms with Gasteiger partial charge in [0, 0.05) is 19.6 Å². The lowest BCUT2D eigenvalue weighted by molar-refractivity contribution is 0.127. The number of rotatable bonds is 3. The van der Waals surface area contributed by atoms with Gasteiger partial charge < -0.3 is 4.90 Å². The Morgan fingerprint density at radius 1 is 1.28 bits per heavy atom. The normalized spacial score (nSPS) is 29.0. The van der Waals surface area contributed by atoms with Crippen LogP contribution in [0.25, 0.3) is 0 Å². The quantitative estimate of drug-likeness (QED) is 0.266. The van der Waals surface area contributed by atoms with E-state index in [4.69, 9.17) is 5.84 Å². The molecule has 0 aromatic heterocycles. The predicted octanol–water partition coefficient (Wildman–Crippen LogP) is 2.12. The second-order valence-corrected chi connectivity index (χ2v) is 5.74. The summed E-state index contributed by atoms with van der Waals surface area (Å²) in [5.74, 6) is 8.38. The molecule has 104 valence electrons. The second-order valence-electron chi connectivity index (χ2n) is 5.74. The average molecular weight is 252 g/mol. The van der Waals surface area contributed by atoms with Crippen LogP contribution < -0.4 is 11.3 Å². The molecule has 2 fully saturated rings. The second kappa shape index (κ2) is 6.98. The minimum Gasteiger partial charge on any atom is -0.342 e. The van der Waals surface area contributed by atoms with Crippen molar-refractivity contribution < 1.29 is 0 Å². The van der Waals surface area contributed by atoms with Gasteiger partial charge >= 0.3 is 0 Å². The number of nitrogens with zero attached hydrogens (tertiary/aromatic N) is 2. The van der Waals surface area contributed by atoms with Crippen LogP contribution in [0, 0.1) is 11.8 Å². The Balaban J connectivity index is 1.89. The van der Waals surface area contributed by atoms with E-state index >= 15 is 0 Å². The number of hydrogen-bond acceptors (Lipinski definition) is 2. The van der Waals surface area contributed by atoms with Gasteiger partial charge in [-0.05, 0) is 31.1 Å². The smallest absolute Gasteiger partial charge is 0.208 e. The number of fused-ring (bicyclic) bond motifs is 1. The number of aliphatic imine (C=N–C) groups is 1. The maximum absolute atomic E-state index is 5.63. The molecule has 0 spiro atoms. The molecule has 2 unspecified atom stereocenters. The SMILES string of the molecule is CCCCN=C(NN)N1CCC2CCCCC2C1. The third-order valence-corrected chi connectivity index (χ3v) is 4.49. The fraction of sp³-hybridized carbons (Fsp3) is 0.929. The van der Waals surface area contributed by atoms with Crippen molar-refractivity contribution in [2.45, 2.75) is 51.9 Å². The van der Waals surface area contributed by atoms with Gasteiger partial charge in [-0.2, -0.15) is 0 Å². The molecule has 2 atom stereocenters. The molecule has 1 saturated heterocycles. The lowest BCUT2D eigenvalue weighted by Crippen LogP contribution is -2.51. The minimum atomic E-state index is 0.872. The minimum absolute atomic E-state index is 0.872. The van der Waals surface area contributed by atoms with Crippen LogP contribution in [-0.4, -0.2) is 30.5 Å². The van der Waals surface area contributed by atoms with Crippen molar-refractivity contribution in [1.82, 2.24) is 10.3 Å². The average Bonchev–Trinajstić information content (AvgIpc) is 2.43. The maximum atomic E-state index is 5.63. The van der Waals surface area contributed by atoms with E-state index in [0.29, 0.717) is 0 Å². The summed E-state index contributed by atoms with van der Waals surface area (Å²) in [6, 6.07) is 0. The largest absolute Gasteiger partial charge is 0.342 e. The van der Waals surface area contributed by atoms with Crippen LogP contribution in [0.15, 0.2) is 4.99 Å². The van der Waals surface area contributed by atoms with Gasteiger partial charge in [0.05, 0.1) is 0 Å². The fourth-order valence-electron chi connectivity index (χ4n) is 3.37. The zero-order chi connectivity index (χ0) is 12.8. The van der Waals surface area contributed by atoms with E-state index in [1.807, 2.05) is 0 Å². The van der Waals surface area contributed by atoms with Crippen LogP contribution in [0.1, 0.15) is 51.9 Å². The third kappa shape index (κ3) is 3.37. The number of nitrogens with one attached hydrogen (secondary N) is 1. The van der Waals surface area contributed by atoms with Crippen molar-refractivity contribution in [3.8, 4) is 0 Å². The zero-order valence-corrected chi connectivity index (χ0v) is 11.7. The molecule has 2 rings (SSSR count). The van der Waals surface area contributed by atoms with E-state index in [0.717, 1.165) is 43.9 Å². The first-order chi connectivity index (χ1) is 8.85. The molecule has 3 N–H and O–H groups in total. The summed E-state index contributed by atoms with van der Waals surface area (Å²) in [5, 5.41) is 0. The Hall–Kier alpha value is -0.770. The molecule has 0 aromatic carbocycles. The summed E-state index contributed by atoms with van der Waals surface area (Å²) >= 11 is 0. The number of guanidine groups is 1. The van der Waals surface area contributed by atoms with Crippen LogP contribution in [0.4, 0.5) is 0 Å². The summed E-state index contributed by atoms with van der Waals surface area (Å²) in [6.45, 7) is 5.36. The number of unbranched alkanes of at least 4 members (excludes halogenated alkanes) is 1. The van der Waals surface area contributed by atoms with Gasteiger partial charge in [0.25, 0.3) is 0 Å². The van der Waals surface area contributed by atoms with Gasteiger partial charge in [-0.15, -0.1) is 0 Å². The molecule has 0 aromatic rings. The molecular weight excluding hydrogens is 224 g/mol. The highest BCUT2D eigenvalue weighted by Crippen LogP contribution is 2.35. The standard InChI is InChI=1S/C14H28N4/c1-2-3-9-16-14(17-15)18-10-8-12-6-4-5-7-13(12)11-18/h12-13H,2-11,15H2,1H3,(H,16,17). The van der Waals surface area contributed by atoms with Crippen LogP contribution in [0.5, 0.6) is 0 Å². The first-order valence-electron chi connectivity index (χ1n) is 7.61. The Labute approximate surface area is 111 Å². The number of hydrogen-bond donors (Lipinski definition) is 2. The highest BCUT2D eigenvalue weighted by molar-refractivity contribution is 5.79.